The zero-order valence-corrected chi connectivity index (χ0v) is 17.5. The molecule has 3 rings (SSSR count). The fraction of sp³-hybridized carbons (Fsp3) is 0.250. The first-order valence-electron chi connectivity index (χ1n) is 9.14. The van der Waals surface area contributed by atoms with Crippen LogP contribution in [0, 0.1) is 11.3 Å². The van der Waals surface area contributed by atoms with Crippen LogP contribution in [0.5, 0.6) is 0 Å². The minimum Gasteiger partial charge on any atom is -0.343 e. The average Bonchev–Trinajstić information content (AvgIpc) is 2.77. The molecule has 156 valence electrons. The van der Waals surface area contributed by atoms with Gasteiger partial charge in [0.25, 0.3) is 5.91 Å². The third-order valence-corrected chi connectivity index (χ3v) is 6.93. The third-order valence-electron chi connectivity index (χ3n) is 4.72. The van der Waals surface area contributed by atoms with Gasteiger partial charge in [0, 0.05) is 36.8 Å². The Hall–Kier alpha value is -2.93. The second-order valence-electron chi connectivity index (χ2n) is 6.58. The van der Waals surface area contributed by atoms with Gasteiger partial charge in [-0.25, -0.2) is 8.42 Å². The van der Waals surface area contributed by atoms with Gasteiger partial charge in [-0.15, -0.1) is 0 Å². The Labute approximate surface area is 179 Å². The summed E-state index contributed by atoms with van der Waals surface area (Å²) in [6, 6.07) is 14.2. The van der Waals surface area contributed by atoms with E-state index in [4.69, 9.17) is 16.9 Å². The highest BCUT2D eigenvalue weighted by Gasteiger charge is 2.31. The number of benzene rings is 2. The Morgan fingerprint density at radius 1 is 1.03 bits per heavy atom. The molecular formula is C20H19ClN4O4S. The molecule has 2 aromatic carbocycles. The van der Waals surface area contributed by atoms with Crippen molar-refractivity contribution in [1.29, 1.82) is 5.26 Å². The van der Waals surface area contributed by atoms with Gasteiger partial charge in [-0.3, -0.25) is 9.59 Å². The van der Waals surface area contributed by atoms with E-state index in [0.717, 1.165) is 0 Å². The van der Waals surface area contributed by atoms with Crippen molar-refractivity contribution in [3.8, 4) is 6.07 Å². The van der Waals surface area contributed by atoms with Crippen LogP contribution in [0.25, 0.3) is 0 Å². The number of carbonyl (C=O) groups is 2. The number of sulfonamides is 1. The topological polar surface area (TPSA) is 111 Å². The molecule has 1 saturated heterocycles. The molecule has 0 bridgehead atoms. The van der Waals surface area contributed by atoms with Crippen molar-refractivity contribution >= 4 is 33.4 Å². The highest BCUT2D eigenvalue weighted by molar-refractivity contribution is 7.89. The molecule has 0 saturated carbocycles. The summed E-state index contributed by atoms with van der Waals surface area (Å²) in [4.78, 5) is 26.0. The van der Waals surface area contributed by atoms with Crippen LogP contribution in [-0.2, 0) is 14.8 Å². The SMILES string of the molecule is N#Cc1ccccc1S(=O)(=O)N1CCN(C(=O)CNC(=O)c2ccc(Cl)cc2)CC1. The van der Waals surface area contributed by atoms with Gasteiger partial charge in [0.15, 0.2) is 0 Å². The fourth-order valence-electron chi connectivity index (χ4n) is 3.07. The summed E-state index contributed by atoms with van der Waals surface area (Å²) < 4.78 is 27.0. The van der Waals surface area contributed by atoms with Gasteiger partial charge in [-0.05, 0) is 36.4 Å². The van der Waals surface area contributed by atoms with Crippen LogP contribution in [0.15, 0.2) is 53.4 Å². The molecule has 0 atom stereocenters. The first-order valence-corrected chi connectivity index (χ1v) is 11.0. The van der Waals surface area contributed by atoms with Crippen LogP contribution >= 0.6 is 11.6 Å². The van der Waals surface area contributed by atoms with Crippen LogP contribution in [0.4, 0.5) is 0 Å². The molecule has 10 heteroatoms. The highest BCUT2D eigenvalue weighted by atomic mass is 35.5. The Kier molecular flexibility index (Phi) is 6.72. The molecule has 0 radical (unpaired) electrons. The number of hydrogen-bond donors (Lipinski definition) is 1. The van der Waals surface area contributed by atoms with E-state index < -0.39 is 15.9 Å². The van der Waals surface area contributed by atoms with Gasteiger partial charge < -0.3 is 10.2 Å². The molecule has 1 N–H and O–H groups in total. The van der Waals surface area contributed by atoms with Crippen molar-refractivity contribution in [3.05, 3.63) is 64.7 Å². The predicted molar refractivity (Wildman–Crippen MR) is 110 cm³/mol. The highest BCUT2D eigenvalue weighted by Crippen LogP contribution is 2.21. The number of nitrogens with zero attached hydrogens (tertiary/aromatic N) is 3. The second-order valence-corrected chi connectivity index (χ2v) is 8.93. The van der Waals surface area contributed by atoms with Crippen molar-refractivity contribution in [2.45, 2.75) is 4.90 Å². The van der Waals surface area contributed by atoms with Gasteiger partial charge in [0.05, 0.1) is 17.0 Å². The molecule has 1 fully saturated rings. The number of nitrogens with one attached hydrogen (secondary N) is 1. The monoisotopic (exact) mass is 446 g/mol. The van der Waals surface area contributed by atoms with Gasteiger partial charge >= 0.3 is 0 Å². The van der Waals surface area contributed by atoms with E-state index in [1.54, 1.807) is 36.4 Å². The van der Waals surface area contributed by atoms with E-state index in [2.05, 4.69) is 5.32 Å². The molecule has 2 aromatic rings. The fourth-order valence-corrected chi connectivity index (χ4v) is 4.76. The molecular weight excluding hydrogens is 428 g/mol. The molecule has 8 nitrogen and oxygen atoms in total. The van der Waals surface area contributed by atoms with Crippen molar-refractivity contribution in [2.75, 3.05) is 32.7 Å². The normalized spacial score (nSPS) is 14.7. The molecule has 0 aliphatic carbocycles. The van der Waals surface area contributed by atoms with Crippen LogP contribution in [-0.4, -0.2) is 62.2 Å². The zero-order chi connectivity index (χ0) is 21.7. The first kappa shape index (κ1) is 21.8. The number of carbonyl (C=O) groups excluding carboxylic acids is 2. The standard InChI is InChI=1S/C20H19ClN4O4S/c21-17-7-5-15(6-8-17)20(27)23-14-19(26)24-9-11-25(12-10-24)30(28,29)18-4-2-1-3-16(18)13-22/h1-8H,9-12,14H2,(H,23,27). The molecule has 2 amide bonds. The number of amides is 2. The van der Waals surface area contributed by atoms with E-state index in [0.29, 0.717) is 10.6 Å². The Balaban J connectivity index is 1.56. The van der Waals surface area contributed by atoms with E-state index >= 15 is 0 Å². The Morgan fingerprint density at radius 2 is 1.67 bits per heavy atom. The van der Waals surface area contributed by atoms with Gasteiger partial charge in [-0.2, -0.15) is 9.57 Å². The minimum absolute atomic E-state index is 0.0393. The van der Waals surface area contributed by atoms with Crippen LogP contribution in [0.2, 0.25) is 5.02 Å². The quantitative estimate of drug-likeness (QED) is 0.747. The lowest BCUT2D eigenvalue weighted by atomic mass is 10.2. The van der Waals surface area contributed by atoms with Crippen LogP contribution < -0.4 is 5.32 Å². The summed E-state index contributed by atoms with van der Waals surface area (Å²) in [5, 5.41) is 12.2. The average molecular weight is 447 g/mol. The van der Waals surface area contributed by atoms with E-state index in [1.807, 2.05) is 6.07 Å². The van der Waals surface area contributed by atoms with Gasteiger partial charge in [-0.1, -0.05) is 23.7 Å². The second kappa shape index (κ2) is 9.26. The minimum atomic E-state index is -3.83. The van der Waals surface area contributed by atoms with Crippen molar-refractivity contribution in [2.24, 2.45) is 0 Å². The summed E-state index contributed by atoms with van der Waals surface area (Å²) in [6.45, 7) is 0.427. The number of nitriles is 1. The maximum Gasteiger partial charge on any atom is 0.251 e. The number of hydrogen-bond acceptors (Lipinski definition) is 5. The Bertz CT molecular complexity index is 1090. The lowest BCUT2D eigenvalue weighted by Crippen LogP contribution is -2.52. The summed E-state index contributed by atoms with van der Waals surface area (Å²) in [5.74, 6) is -0.693. The summed E-state index contributed by atoms with van der Waals surface area (Å²) in [5.41, 5.74) is 0.472. The molecule has 30 heavy (non-hydrogen) atoms. The zero-order valence-electron chi connectivity index (χ0n) is 15.9. The summed E-state index contributed by atoms with van der Waals surface area (Å²) >= 11 is 5.79. The number of halogens is 1. The molecule has 0 spiro atoms. The molecule has 0 unspecified atom stereocenters. The van der Waals surface area contributed by atoms with E-state index in [-0.39, 0.29) is 49.1 Å². The van der Waals surface area contributed by atoms with E-state index in [9.17, 15) is 18.0 Å². The maximum atomic E-state index is 12.8. The molecule has 1 aliphatic heterocycles. The molecule has 1 aliphatic rings. The maximum absolute atomic E-state index is 12.8. The van der Waals surface area contributed by atoms with Gasteiger partial charge in [0.2, 0.25) is 15.9 Å². The van der Waals surface area contributed by atoms with Crippen LogP contribution in [0.1, 0.15) is 15.9 Å². The van der Waals surface area contributed by atoms with E-state index in [1.165, 1.54) is 21.3 Å². The van der Waals surface area contributed by atoms with Crippen molar-refractivity contribution in [3.63, 3.8) is 0 Å². The van der Waals surface area contributed by atoms with Crippen molar-refractivity contribution < 1.29 is 18.0 Å². The largest absolute Gasteiger partial charge is 0.343 e. The summed E-state index contributed by atoms with van der Waals surface area (Å²) in [6.07, 6.45) is 0. The Morgan fingerprint density at radius 3 is 2.30 bits per heavy atom. The number of rotatable bonds is 5. The number of piperazine rings is 1. The summed E-state index contributed by atoms with van der Waals surface area (Å²) in [7, 11) is -3.83. The van der Waals surface area contributed by atoms with Crippen molar-refractivity contribution in [1.82, 2.24) is 14.5 Å². The predicted octanol–water partition coefficient (Wildman–Crippen LogP) is 1.47. The van der Waals surface area contributed by atoms with Gasteiger partial charge in [0.1, 0.15) is 6.07 Å². The van der Waals surface area contributed by atoms with Crippen LogP contribution in [0.3, 0.4) is 0 Å². The lowest BCUT2D eigenvalue weighted by molar-refractivity contribution is -0.131. The molecule has 1 heterocycles. The smallest absolute Gasteiger partial charge is 0.251 e. The third kappa shape index (κ3) is 4.79. The lowest BCUT2D eigenvalue weighted by Gasteiger charge is -2.34. The molecule has 0 aromatic heterocycles. The first-order chi connectivity index (χ1) is 14.3.